The highest BCUT2D eigenvalue weighted by atomic mass is 35.5. The molecule has 0 amide bonds. The van der Waals surface area contributed by atoms with Gasteiger partial charge in [-0.3, -0.25) is 4.18 Å². The second-order valence-corrected chi connectivity index (χ2v) is 8.20. The van der Waals surface area contributed by atoms with Gasteiger partial charge in [0.15, 0.2) is 11.1 Å². The van der Waals surface area contributed by atoms with Crippen LogP contribution < -0.4 is 4.74 Å². The normalized spacial score (nSPS) is 12.4. The van der Waals surface area contributed by atoms with E-state index in [0.717, 1.165) is 27.1 Å². The fourth-order valence-electron chi connectivity index (χ4n) is 3.53. The van der Waals surface area contributed by atoms with Gasteiger partial charge in [0.05, 0.1) is 29.2 Å². The Kier molecular flexibility index (Phi) is 5.30. The van der Waals surface area contributed by atoms with Gasteiger partial charge in [-0.15, -0.1) is 0 Å². The van der Waals surface area contributed by atoms with Crippen molar-refractivity contribution >= 4 is 55.8 Å². The Hall–Kier alpha value is -2.11. The molecule has 0 radical (unpaired) electrons. The van der Waals surface area contributed by atoms with E-state index < -0.39 is 11.1 Å². The molecule has 0 aliphatic heterocycles. The Morgan fingerprint density at radius 3 is 1.89 bits per heavy atom. The zero-order chi connectivity index (χ0) is 19.8. The summed E-state index contributed by atoms with van der Waals surface area (Å²) in [6.45, 7) is 0. The molecule has 0 saturated carbocycles. The van der Waals surface area contributed by atoms with Crippen molar-refractivity contribution in [3.05, 3.63) is 70.7 Å². The lowest BCUT2D eigenvalue weighted by Gasteiger charge is -2.19. The fraction of sp³-hybridized carbons (Fsp3) is 0.0909. The number of hydrogen-bond donors (Lipinski definition) is 0. The maximum Gasteiger partial charge on any atom is 0.191 e. The molecule has 0 spiro atoms. The molecule has 0 fully saturated rings. The summed E-state index contributed by atoms with van der Waals surface area (Å²) in [5.74, 6) is 0.502. The average molecular weight is 431 g/mol. The zero-order valence-corrected chi connectivity index (χ0v) is 17.5. The molecule has 1 atom stereocenters. The summed E-state index contributed by atoms with van der Waals surface area (Å²) in [6.07, 6.45) is 0. The average Bonchev–Trinajstić information content (AvgIpc) is 2.71. The third-order valence-corrected chi connectivity index (χ3v) is 6.44. The van der Waals surface area contributed by atoms with Gasteiger partial charge in [-0.25, -0.2) is 4.21 Å². The van der Waals surface area contributed by atoms with Crippen molar-refractivity contribution < 1.29 is 13.1 Å². The van der Waals surface area contributed by atoms with Gasteiger partial charge in [0.1, 0.15) is 5.75 Å². The van der Waals surface area contributed by atoms with E-state index in [0.29, 0.717) is 26.3 Å². The smallest absolute Gasteiger partial charge is 0.191 e. The van der Waals surface area contributed by atoms with E-state index in [1.165, 1.54) is 7.11 Å². The maximum absolute atomic E-state index is 12.8. The lowest BCUT2D eigenvalue weighted by molar-refractivity contribution is 0.417. The van der Waals surface area contributed by atoms with Gasteiger partial charge in [0.25, 0.3) is 0 Å². The number of halogens is 2. The topological polar surface area (TPSA) is 35.5 Å². The quantitative estimate of drug-likeness (QED) is 0.363. The van der Waals surface area contributed by atoms with E-state index in [-0.39, 0.29) is 0 Å². The summed E-state index contributed by atoms with van der Waals surface area (Å²) >= 11 is 11.4. The summed E-state index contributed by atoms with van der Waals surface area (Å²) in [5.41, 5.74) is 1.43. The molecule has 0 heterocycles. The number of benzene rings is 4. The molecule has 4 aromatic rings. The van der Waals surface area contributed by atoms with E-state index in [1.807, 2.05) is 54.6 Å². The van der Waals surface area contributed by atoms with Gasteiger partial charge in [0, 0.05) is 11.1 Å². The minimum atomic E-state index is -1.76. The highest BCUT2D eigenvalue weighted by molar-refractivity contribution is 7.80. The minimum absolute atomic E-state index is 0.361. The van der Waals surface area contributed by atoms with Crippen molar-refractivity contribution in [1.82, 2.24) is 0 Å². The van der Waals surface area contributed by atoms with Crippen LogP contribution in [0.5, 0.6) is 5.75 Å². The van der Waals surface area contributed by atoms with Gasteiger partial charge >= 0.3 is 0 Å². The van der Waals surface area contributed by atoms with E-state index in [4.69, 9.17) is 32.1 Å². The second-order valence-electron chi connectivity index (χ2n) is 6.17. The first-order valence-electron chi connectivity index (χ1n) is 8.50. The Morgan fingerprint density at radius 2 is 1.32 bits per heavy atom. The SMILES string of the molecule is COc1c(Cl)cc2ccccc2c1-c1c(S(=O)OC)c(Cl)cc2ccccc12. The van der Waals surface area contributed by atoms with Crippen LogP contribution in [0.2, 0.25) is 10.0 Å². The zero-order valence-electron chi connectivity index (χ0n) is 15.2. The predicted octanol–water partition coefficient (Wildman–Crippen LogP) is 6.64. The highest BCUT2D eigenvalue weighted by Crippen LogP contribution is 2.48. The predicted molar refractivity (Wildman–Crippen MR) is 117 cm³/mol. The van der Waals surface area contributed by atoms with Crippen molar-refractivity contribution in [3.63, 3.8) is 0 Å². The molecule has 0 saturated heterocycles. The van der Waals surface area contributed by atoms with Gasteiger partial charge < -0.3 is 4.74 Å². The summed E-state index contributed by atoms with van der Waals surface area (Å²) in [4.78, 5) is 0.397. The molecule has 3 nitrogen and oxygen atoms in total. The van der Waals surface area contributed by atoms with Crippen LogP contribution in [0.4, 0.5) is 0 Å². The minimum Gasteiger partial charge on any atom is -0.495 e. The molecule has 0 aliphatic carbocycles. The monoisotopic (exact) mass is 430 g/mol. The highest BCUT2D eigenvalue weighted by Gasteiger charge is 2.25. The lowest BCUT2D eigenvalue weighted by Crippen LogP contribution is -2.01. The molecule has 4 rings (SSSR count). The van der Waals surface area contributed by atoms with Crippen LogP contribution in [0.15, 0.2) is 65.6 Å². The van der Waals surface area contributed by atoms with Crippen LogP contribution in [0, 0.1) is 0 Å². The molecule has 0 N–H and O–H groups in total. The van der Waals surface area contributed by atoms with Crippen LogP contribution in [-0.2, 0) is 15.3 Å². The van der Waals surface area contributed by atoms with E-state index in [9.17, 15) is 4.21 Å². The molecule has 6 heteroatoms. The van der Waals surface area contributed by atoms with Crippen LogP contribution in [-0.4, -0.2) is 18.4 Å². The molecular formula is C22H16Cl2O3S. The number of ether oxygens (including phenoxy) is 1. The molecular weight excluding hydrogens is 415 g/mol. The van der Waals surface area contributed by atoms with Gasteiger partial charge in [-0.1, -0.05) is 71.7 Å². The number of hydrogen-bond acceptors (Lipinski definition) is 3. The Bertz CT molecular complexity index is 1240. The van der Waals surface area contributed by atoms with Gasteiger partial charge in [0.2, 0.25) is 0 Å². The molecule has 28 heavy (non-hydrogen) atoms. The lowest BCUT2D eigenvalue weighted by atomic mass is 9.93. The summed E-state index contributed by atoms with van der Waals surface area (Å²) in [6, 6.07) is 19.3. The third kappa shape index (κ3) is 3.07. The van der Waals surface area contributed by atoms with Crippen molar-refractivity contribution in [2.75, 3.05) is 14.2 Å². The number of methoxy groups -OCH3 is 1. The molecule has 142 valence electrons. The van der Waals surface area contributed by atoms with E-state index >= 15 is 0 Å². The Labute approximate surface area is 175 Å². The molecule has 0 aromatic heterocycles. The number of fused-ring (bicyclic) bond motifs is 2. The molecule has 0 aliphatic rings. The van der Waals surface area contributed by atoms with E-state index in [1.54, 1.807) is 13.2 Å². The molecule has 0 bridgehead atoms. The van der Waals surface area contributed by atoms with Gasteiger partial charge in [-0.2, -0.15) is 0 Å². The molecule has 4 aromatic carbocycles. The third-order valence-electron chi connectivity index (χ3n) is 4.68. The number of rotatable bonds is 4. The van der Waals surface area contributed by atoms with Crippen molar-refractivity contribution in [2.45, 2.75) is 4.90 Å². The molecule has 1 unspecified atom stereocenters. The summed E-state index contributed by atoms with van der Waals surface area (Å²) in [7, 11) is 2.96. The van der Waals surface area contributed by atoms with Crippen LogP contribution >= 0.6 is 23.2 Å². The van der Waals surface area contributed by atoms with E-state index in [2.05, 4.69) is 0 Å². The summed E-state index contributed by atoms with van der Waals surface area (Å²) < 4.78 is 23.7. The maximum atomic E-state index is 12.8. The van der Waals surface area contributed by atoms with Crippen molar-refractivity contribution in [1.29, 1.82) is 0 Å². The van der Waals surface area contributed by atoms with Crippen molar-refractivity contribution in [2.24, 2.45) is 0 Å². The first-order valence-corrected chi connectivity index (χ1v) is 10.3. The Balaban J connectivity index is 2.29. The summed E-state index contributed by atoms with van der Waals surface area (Å²) in [5, 5.41) is 4.50. The standard InChI is InChI=1S/C22H16Cl2O3S/c1-26-21-17(23)11-13-7-3-5-9-15(13)19(21)20-16-10-6-4-8-14(16)12-18(24)22(20)28(25)27-2/h3-12H,1-2H3. The first kappa shape index (κ1) is 19.2. The second kappa shape index (κ2) is 7.72. The van der Waals surface area contributed by atoms with Crippen LogP contribution in [0.1, 0.15) is 0 Å². The van der Waals surface area contributed by atoms with Crippen LogP contribution in [0.25, 0.3) is 32.7 Å². The Morgan fingerprint density at radius 1 is 0.786 bits per heavy atom. The largest absolute Gasteiger partial charge is 0.495 e. The fourth-order valence-corrected chi connectivity index (χ4v) is 4.98. The van der Waals surface area contributed by atoms with Gasteiger partial charge in [-0.05, 0) is 33.7 Å². The first-order chi connectivity index (χ1) is 13.6. The van der Waals surface area contributed by atoms with Crippen molar-refractivity contribution in [3.8, 4) is 16.9 Å². The van der Waals surface area contributed by atoms with Crippen LogP contribution in [0.3, 0.4) is 0 Å².